The summed E-state index contributed by atoms with van der Waals surface area (Å²) >= 11 is 0. The Bertz CT molecular complexity index is 585. The van der Waals surface area contributed by atoms with Gasteiger partial charge in [0.1, 0.15) is 11.4 Å². The van der Waals surface area contributed by atoms with Crippen LogP contribution in [0.5, 0.6) is 5.75 Å². The number of aromatic nitrogens is 2. The summed E-state index contributed by atoms with van der Waals surface area (Å²) in [7, 11) is 1.61. The Kier molecular flexibility index (Phi) is 2.95. The van der Waals surface area contributed by atoms with Gasteiger partial charge in [0, 0.05) is 11.3 Å². The fourth-order valence-corrected chi connectivity index (χ4v) is 1.57. The van der Waals surface area contributed by atoms with Gasteiger partial charge in [-0.1, -0.05) is 0 Å². The highest BCUT2D eigenvalue weighted by atomic mass is 16.5. The molecule has 0 atom stereocenters. The zero-order valence-corrected chi connectivity index (χ0v) is 10.1. The Labute approximate surface area is 99.3 Å². The van der Waals surface area contributed by atoms with Crippen LogP contribution in [0.4, 0.5) is 0 Å². The summed E-state index contributed by atoms with van der Waals surface area (Å²) in [6, 6.07) is 7.27. The van der Waals surface area contributed by atoms with Crippen molar-refractivity contribution in [2.75, 3.05) is 7.11 Å². The van der Waals surface area contributed by atoms with E-state index in [0.29, 0.717) is 5.69 Å². The molecule has 1 aromatic carbocycles. The second-order valence-corrected chi connectivity index (χ2v) is 3.85. The van der Waals surface area contributed by atoms with Crippen LogP contribution in [0.2, 0.25) is 0 Å². The van der Waals surface area contributed by atoms with Crippen molar-refractivity contribution in [3.05, 3.63) is 46.0 Å². The molecule has 0 unspecified atom stereocenters. The average Bonchev–Trinajstić information content (AvgIpc) is 2.34. The van der Waals surface area contributed by atoms with Gasteiger partial charge in [-0.05, 0) is 38.1 Å². The number of hydrogen-bond acceptors (Lipinski definition) is 3. The van der Waals surface area contributed by atoms with Crippen LogP contribution in [0.3, 0.4) is 0 Å². The van der Waals surface area contributed by atoms with Gasteiger partial charge in [-0.2, -0.15) is 0 Å². The van der Waals surface area contributed by atoms with Gasteiger partial charge in [0.2, 0.25) is 0 Å². The molecule has 0 fully saturated rings. The maximum absolute atomic E-state index is 11.8. The highest BCUT2D eigenvalue weighted by Gasteiger charge is 2.07. The van der Waals surface area contributed by atoms with Crippen LogP contribution in [0.15, 0.2) is 29.1 Å². The summed E-state index contributed by atoms with van der Waals surface area (Å²) in [6.07, 6.45) is 0. The Balaban J connectivity index is 2.52. The molecule has 0 bridgehead atoms. The predicted octanol–water partition coefficient (Wildman–Crippen LogP) is 2.06. The van der Waals surface area contributed by atoms with Crippen LogP contribution in [0.25, 0.3) is 11.3 Å². The molecular weight excluding hydrogens is 216 g/mol. The minimum absolute atomic E-state index is 0.168. The van der Waals surface area contributed by atoms with E-state index in [-0.39, 0.29) is 5.56 Å². The van der Waals surface area contributed by atoms with Crippen LogP contribution in [0, 0.1) is 13.8 Å². The molecule has 0 aliphatic rings. The third kappa shape index (κ3) is 2.20. The monoisotopic (exact) mass is 230 g/mol. The summed E-state index contributed by atoms with van der Waals surface area (Å²) < 4.78 is 5.07. The minimum Gasteiger partial charge on any atom is -0.497 e. The van der Waals surface area contributed by atoms with E-state index in [9.17, 15) is 4.79 Å². The SMILES string of the molecule is COc1ccc(-c2nc(C)c(C)[nH]c2=O)cc1. The van der Waals surface area contributed by atoms with Crippen LogP contribution >= 0.6 is 0 Å². The lowest BCUT2D eigenvalue weighted by Crippen LogP contribution is -2.14. The molecule has 0 radical (unpaired) electrons. The van der Waals surface area contributed by atoms with Gasteiger partial charge in [0.05, 0.1) is 12.8 Å². The molecule has 0 saturated carbocycles. The Morgan fingerprint density at radius 2 is 1.82 bits per heavy atom. The van der Waals surface area contributed by atoms with Gasteiger partial charge in [-0.25, -0.2) is 4.98 Å². The molecule has 4 nitrogen and oxygen atoms in total. The third-order valence-corrected chi connectivity index (χ3v) is 2.70. The Morgan fingerprint density at radius 3 is 2.41 bits per heavy atom. The molecule has 88 valence electrons. The van der Waals surface area contributed by atoms with E-state index < -0.39 is 0 Å². The highest BCUT2D eigenvalue weighted by molar-refractivity contribution is 5.59. The molecule has 0 aliphatic heterocycles. The molecule has 1 N–H and O–H groups in total. The highest BCUT2D eigenvalue weighted by Crippen LogP contribution is 2.18. The quantitative estimate of drug-likeness (QED) is 0.859. The number of aryl methyl sites for hydroxylation is 2. The second-order valence-electron chi connectivity index (χ2n) is 3.85. The van der Waals surface area contributed by atoms with E-state index in [1.807, 2.05) is 38.1 Å². The first-order chi connectivity index (χ1) is 8.11. The lowest BCUT2D eigenvalue weighted by molar-refractivity contribution is 0.415. The minimum atomic E-state index is -0.168. The van der Waals surface area contributed by atoms with E-state index in [1.165, 1.54) is 0 Å². The molecule has 0 spiro atoms. The maximum atomic E-state index is 11.8. The molecule has 0 amide bonds. The molecule has 0 saturated heterocycles. The van der Waals surface area contributed by atoms with Crippen molar-refractivity contribution in [1.82, 2.24) is 9.97 Å². The second kappa shape index (κ2) is 4.41. The number of ether oxygens (including phenoxy) is 1. The first-order valence-electron chi connectivity index (χ1n) is 5.34. The smallest absolute Gasteiger partial charge is 0.274 e. The van der Waals surface area contributed by atoms with Crippen molar-refractivity contribution < 1.29 is 4.74 Å². The van der Waals surface area contributed by atoms with Crippen LogP contribution in [0.1, 0.15) is 11.4 Å². The lowest BCUT2D eigenvalue weighted by atomic mass is 10.1. The number of aromatic amines is 1. The summed E-state index contributed by atoms with van der Waals surface area (Å²) in [6.45, 7) is 3.71. The zero-order valence-electron chi connectivity index (χ0n) is 10.1. The van der Waals surface area contributed by atoms with Crippen molar-refractivity contribution in [2.45, 2.75) is 13.8 Å². The van der Waals surface area contributed by atoms with Gasteiger partial charge in [0.25, 0.3) is 5.56 Å². The predicted molar refractivity (Wildman–Crippen MR) is 66.3 cm³/mol. The van der Waals surface area contributed by atoms with Crippen molar-refractivity contribution in [3.8, 4) is 17.0 Å². The number of hydrogen-bond donors (Lipinski definition) is 1. The molecule has 17 heavy (non-hydrogen) atoms. The van der Waals surface area contributed by atoms with E-state index in [4.69, 9.17) is 4.74 Å². The summed E-state index contributed by atoms with van der Waals surface area (Å²) in [4.78, 5) is 18.9. The molecule has 4 heteroatoms. The van der Waals surface area contributed by atoms with Crippen molar-refractivity contribution in [2.24, 2.45) is 0 Å². The van der Waals surface area contributed by atoms with E-state index in [0.717, 1.165) is 22.7 Å². The molecule has 0 aliphatic carbocycles. The molecule has 1 heterocycles. The summed E-state index contributed by atoms with van der Waals surface area (Å²) in [5.41, 5.74) is 2.69. The van der Waals surface area contributed by atoms with Crippen molar-refractivity contribution in [1.29, 1.82) is 0 Å². The van der Waals surface area contributed by atoms with E-state index in [2.05, 4.69) is 9.97 Å². The molecule has 2 aromatic rings. The average molecular weight is 230 g/mol. The van der Waals surface area contributed by atoms with E-state index >= 15 is 0 Å². The van der Waals surface area contributed by atoms with Gasteiger partial charge in [-0.3, -0.25) is 4.79 Å². The van der Waals surface area contributed by atoms with Gasteiger partial charge >= 0.3 is 0 Å². The number of rotatable bonds is 2. The van der Waals surface area contributed by atoms with Crippen LogP contribution in [-0.4, -0.2) is 17.1 Å². The Morgan fingerprint density at radius 1 is 1.18 bits per heavy atom. The Hall–Kier alpha value is -2.10. The first-order valence-corrected chi connectivity index (χ1v) is 5.34. The van der Waals surface area contributed by atoms with Gasteiger partial charge in [-0.15, -0.1) is 0 Å². The largest absolute Gasteiger partial charge is 0.497 e. The number of methoxy groups -OCH3 is 1. The lowest BCUT2D eigenvalue weighted by Gasteiger charge is -2.05. The normalized spacial score (nSPS) is 10.3. The van der Waals surface area contributed by atoms with E-state index in [1.54, 1.807) is 7.11 Å². The van der Waals surface area contributed by atoms with Crippen LogP contribution < -0.4 is 10.3 Å². The molecular formula is C13H14N2O2. The summed E-state index contributed by atoms with van der Waals surface area (Å²) in [5, 5.41) is 0. The maximum Gasteiger partial charge on any atom is 0.274 e. The van der Waals surface area contributed by atoms with Gasteiger partial charge in [0.15, 0.2) is 0 Å². The standard InChI is InChI=1S/C13H14N2O2/c1-8-9(2)15-13(16)12(14-8)10-4-6-11(17-3)7-5-10/h4-7H,1-3H3,(H,15,16). The van der Waals surface area contributed by atoms with Crippen molar-refractivity contribution >= 4 is 0 Å². The summed E-state index contributed by atoms with van der Waals surface area (Å²) in [5.74, 6) is 0.758. The fourth-order valence-electron chi connectivity index (χ4n) is 1.57. The van der Waals surface area contributed by atoms with Gasteiger partial charge < -0.3 is 9.72 Å². The number of nitrogens with one attached hydrogen (secondary N) is 1. The molecule has 1 aromatic heterocycles. The molecule has 2 rings (SSSR count). The van der Waals surface area contributed by atoms with Crippen molar-refractivity contribution in [3.63, 3.8) is 0 Å². The van der Waals surface area contributed by atoms with Crippen LogP contribution in [-0.2, 0) is 0 Å². The number of nitrogens with zero attached hydrogens (tertiary/aromatic N) is 1. The third-order valence-electron chi connectivity index (χ3n) is 2.70. The number of benzene rings is 1. The fraction of sp³-hybridized carbons (Fsp3) is 0.231. The zero-order chi connectivity index (χ0) is 12.4. The first kappa shape index (κ1) is 11.4. The number of H-pyrrole nitrogens is 1. The topological polar surface area (TPSA) is 55.0 Å².